The summed E-state index contributed by atoms with van der Waals surface area (Å²) in [7, 11) is 3.88. The van der Waals surface area contributed by atoms with Gasteiger partial charge in [-0.05, 0) is 51.4 Å². The minimum atomic E-state index is -0.325. The summed E-state index contributed by atoms with van der Waals surface area (Å²) in [6.45, 7) is 3.95. The van der Waals surface area contributed by atoms with Crippen LogP contribution in [0.15, 0.2) is 67.0 Å². The van der Waals surface area contributed by atoms with E-state index in [0.29, 0.717) is 48.9 Å². The molecule has 0 N–H and O–H groups in total. The molecule has 1 amide bonds. The highest BCUT2D eigenvalue weighted by molar-refractivity contribution is 5.95. The lowest BCUT2D eigenvalue weighted by Gasteiger charge is -2.25. The van der Waals surface area contributed by atoms with E-state index >= 15 is 0 Å². The molecule has 0 unspecified atom stereocenters. The van der Waals surface area contributed by atoms with E-state index in [4.69, 9.17) is 9.47 Å². The summed E-state index contributed by atoms with van der Waals surface area (Å²) < 4.78 is 25.9. The molecule has 33 heavy (non-hydrogen) atoms. The zero-order chi connectivity index (χ0) is 23.6. The number of carbonyl (C=O) groups excluding carboxylic acids is 1. The van der Waals surface area contributed by atoms with Crippen molar-refractivity contribution in [1.82, 2.24) is 14.8 Å². The smallest absolute Gasteiger partial charge is 0.254 e. The predicted molar refractivity (Wildman–Crippen MR) is 126 cm³/mol. The van der Waals surface area contributed by atoms with Crippen molar-refractivity contribution in [3.8, 4) is 11.5 Å². The van der Waals surface area contributed by atoms with Gasteiger partial charge in [0.1, 0.15) is 12.4 Å². The Hall–Kier alpha value is -3.45. The highest BCUT2D eigenvalue weighted by Crippen LogP contribution is 2.30. The number of hydrogen-bond acceptors (Lipinski definition) is 5. The van der Waals surface area contributed by atoms with Crippen molar-refractivity contribution < 1.29 is 18.7 Å². The number of aromatic nitrogens is 1. The average Bonchev–Trinajstić information content (AvgIpc) is 2.82. The fraction of sp³-hybridized carbons (Fsp3) is 0.308. The van der Waals surface area contributed by atoms with Crippen LogP contribution in [0.1, 0.15) is 28.4 Å². The molecule has 0 fully saturated rings. The number of hydrogen-bond donors (Lipinski definition) is 0. The molecule has 0 atom stereocenters. The average molecular weight is 452 g/mol. The fourth-order valence-corrected chi connectivity index (χ4v) is 3.26. The fourth-order valence-electron chi connectivity index (χ4n) is 3.26. The van der Waals surface area contributed by atoms with Crippen molar-refractivity contribution in [3.63, 3.8) is 0 Å². The Balaban J connectivity index is 1.81. The van der Waals surface area contributed by atoms with Crippen molar-refractivity contribution in [3.05, 3.63) is 89.5 Å². The van der Waals surface area contributed by atoms with Crippen molar-refractivity contribution >= 4 is 5.91 Å². The number of nitrogens with zero attached hydrogens (tertiary/aromatic N) is 3. The SMILES string of the molecule is CCOc1cc(C(=O)N(CCN(C)C)Cc2ccccc2F)ccc1OCc1cccnc1. The van der Waals surface area contributed by atoms with Gasteiger partial charge in [-0.25, -0.2) is 4.39 Å². The Morgan fingerprint density at radius 2 is 1.82 bits per heavy atom. The van der Waals surface area contributed by atoms with Gasteiger partial charge in [-0.1, -0.05) is 24.3 Å². The van der Waals surface area contributed by atoms with E-state index in [9.17, 15) is 9.18 Å². The van der Waals surface area contributed by atoms with Crippen LogP contribution in [0, 0.1) is 5.82 Å². The minimum absolute atomic E-state index is 0.183. The molecule has 7 heteroatoms. The van der Waals surface area contributed by atoms with Crippen LogP contribution in [0.5, 0.6) is 11.5 Å². The van der Waals surface area contributed by atoms with Crippen molar-refractivity contribution in [2.75, 3.05) is 33.8 Å². The van der Waals surface area contributed by atoms with E-state index in [1.807, 2.05) is 38.1 Å². The van der Waals surface area contributed by atoms with Crippen LogP contribution in [-0.2, 0) is 13.2 Å². The van der Waals surface area contributed by atoms with E-state index in [1.54, 1.807) is 53.7 Å². The van der Waals surface area contributed by atoms with Gasteiger partial charge >= 0.3 is 0 Å². The van der Waals surface area contributed by atoms with E-state index in [-0.39, 0.29) is 18.3 Å². The molecular formula is C26H30FN3O3. The molecule has 0 saturated heterocycles. The Morgan fingerprint density at radius 3 is 2.52 bits per heavy atom. The summed E-state index contributed by atoms with van der Waals surface area (Å²) in [5, 5.41) is 0. The number of likely N-dealkylation sites (N-methyl/N-ethyl adjacent to an activating group) is 1. The van der Waals surface area contributed by atoms with Crippen LogP contribution in [0.4, 0.5) is 4.39 Å². The van der Waals surface area contributed by atoms with Gasteiger partial charge < -0.3 is 19.3 Å². The summed E-state index contributed by atoms with van der Waals surface area (Å²) >= 11 is 0. The quantitative estimate of drug-likeness (QED) is 0.433. The molecule has 2 aromatic carbocycles. The number of amides is 1. The summed E-state index contributed by atoms with van der Waals surface area (Å²) in [6.07, 6.45) is 3.45. The third-order valence-corrected chi connectivity index (χ3v) is 5.03. The summed E-state index contributed by atoms with van der Waals surface area (Å²) in [5.74, 6) is 0.520. The lowest BCUT2D eigenvalue weighted by Crippen LogP contribution is -2.36. The van der Waals surface area contributed by atoms with E-state index in [2.05, 4.69) is 4.98 Å². The lowest BCUT2D eigenvalue weighted by molar-refractivity contribution is 0.0729. The first-order valence-electron chi connectivity index (χ1n) is 10.9. The molecule has 1 heterocycles. The number of ether oxygens (including phenoxy) is 2. The van der Waals surface area contributed by atoms with Gasteiger partial charge in [-0.2, -0.15) is 0 Å². The van der Waals surface area contributed by atoms with Crippen molar-refractivity contribution in [1.29, 1.82) is 0 Å². The second-order valence-corrected chi connectivity index (χ2v) is 7.87. The van der Waals surface area contributed by atoms with Crippen LogP contribution < -0.4 is 9.47 Å². The molecule has 0 spiro atoms. The van der Waals surface area contributed by atoms with Crippen LogP contribution >= 0.6 is 0 Å². The highest BCUT2D eigenvalue weighted by atomic mass is 19.1. The topological polar surface area (TPSA) is 54.9 Å². The maximum absolute atomic E-state index is 14.3. The first kappa shape index (κ1) is 24.2. The van der Waals surface area contributed by atoms with Gasteiger partial charge in [0.2, 0.25) is 0 Å². The van der Waals surface area contributed by atoms with Gasteiger partial charge in [0.15, 0.2) is 11.5 Å². The largest absolute Gasteiger partial charge is 0.490 e. The van der Waals surface area contributed by atoms with Crippen LogP contribution in [0.3, 0.4) is 0 Å². The summed E-state index contributed by atoms with van der Waals surface area (Å²) in [5.41, 5.74) is 1.87. The van der Waals surface area contributed by atoms with Gasteiger partial charge in [-0.15, -0.1) is 0 Å². The Kier molecular flexibility index (Phi) is 8.78. The number of halogens is 1. The zero-order valence-electron chi connectivity index (χ0n) is 19.3. The minimum Gasteiger partial charge on any atom is -0.490 e. The van der Waals surface area contributed by atoms with Crippen LogP contribution in [0.2, 0.25) is 0 Å². The van der Waals surface area contributed by atoms with E-state index < -0.39 is 0 Å². The molecule has 0 radical (unpaired) electrons. The molecule has 0 bridgehead atoms. The van der Waals surface area contributed by atoms with E-state index in [1.165, 1.54) is 6.07 Å². The second kappa shape index (κ2) is 12.0. The molecule has 0 aliphatic rings. The molecule has 0 aliphatic carbocycles. The van der Waals surface area contributed by atoms with Gasteiger partial charge in [-0.3, -0.25) is 9.78 Å². The predicted octanol–water partition coefficient (Wildman–Crippen LogP) is 4.40. The Bertz CT molecular complexity index is 1040. The van der Waals surface area contributed by atoms with Gasteiger partial charge in [0.25, 0.3) is 5.91 Å². The molecular weight excluding hydrogens is 421 g/mol. The Morgan fingerprint density at radius 1 is 1.00 bits per heavy atom. The van der Waals surface area contributed by atoms with E-state index in [0.717, 1.165) is 5.56 Å². The lowest BCUT2D eigenvalue weighted by atomic mass is 10.1. The summed E-state index contributed by atoms with van der Waals surface area (Å²) in [4.78, 5) is 21.1. The maximum Gasteiger partial charge on any atom is 0.254 e. The molecule has 1 aromatic heterocycles. The maximum atomic E-state index is 14.3. The molecule has 0 aliphatic heterocycles. The van der Waals surface area contributed by atoms with Gasteiger partial charge in [0.05, 0.1) is 6.61 Å². The van der Waals surface area contributed by atoms with Crippen molar-refractivity contribution in [2.45, 2.75) is 20.1 Å². The molecule has 6 nitrogen and oxygen atoms in total. The monoisotopic (exact) mass is 451 g/mol. The first-order chi connectivity index (χ1) is 16.0. The van der Waals surface area contributed by atoms with Crippen LogP contribution in [0.25, 0.3) is 0 Å². The molecule has 174 valence electrons. The van der Waals surface area contributed by atoms with Gasteiger partial charge in [0, 0.05) is 48.7 Å². The first-order valence-corrected chi connectivity index (χ1v) is 10.9. The normalized spacial score (nSPS) is 10.8. The zero-order valence-corrected chi connectivity index (χ0v) is 19.3. The highest BCUT2D eigenvalue weighted by Gasteiger charge is 2.20. The standard InChI is InChI=1S/C26H30FN3O3/c1-4-32-25-16-21(11-12-24(25)33-19-20-8-7-13-28-17-20)26(31)30(15-14-29(2)3)18-22-9-5-6-10-23(22)27/h5-13,16-17H,4,14-15,18-19H2,1-3H3. The molecule has 0 saturated carbocycles. The Labute approximate surface area is 194 Å². The second-order valence-electron chi connectivity index (χ2n) is 7.87. The van der Waals surface area contributed by atoms with Crippen molar-refractivity contribution in [2.24, 2.45) is 0 Å². The summed E-state index contributed by atoms with van der Waals surface area (Å²) in [6, 6.07) is 15.4. The third-order valence-electron chi connectivity index (χ3n) is 5.03. The molecule has 3 rings (SSSR count). The number of rotatable bonds is 11. The van der Waals surface area contributed by atoms with Crippen LogP contribution in [-0.4, -0.2) is 54.5 Å². The number of carbonyl (C=O) groups is 1. The number of pyridine rings is 1. The number of benzene rings is 2. The third kappa shape index (κ3) is 7.02. The molecule has 3 aromatic rings.